The molecule has 2 aliphatic rings. The Morgan fingerprint density at radius 2 is 1.34 bits per heavy atom. The Morgan fingerprint density at radius 3 is 1.98 bits per heavy atom. The molecule has 6 rings (SSSR count). The molecule has 3 heteroatoms. The first-order chi connectivity index (χ1) is 20.0. The van der Waals surface area contributed by atoms with Crippen LogP contribution in [0.3, 0.4) is 0 Å². The van der Waals surface area contributed by atoms with Crippen LogP contribution in [0.5, 0.6) is 0 Å². The van der Waals surface area contributed by atoms with Crippen molar-refractivity contribution in [1.29, 1.82) is 0 Å². The van der Waals surface area contributed by atoms with Crippen LogP contribution in [0.2, 0.25) is 0 Å². The summed E-state index contributed by atoms with van der Waals surface area (Å²) in [5, 5.41) is 0. The summed E-state index contributed by atoms with van der Waals surface area (Å²) in [6, 6.07) is 34.5. The van der Waals surface area contributed by atoms with E-state index in [4.69, 9.17) is 0 Å². The fourth-order valence-electron chi connectivity index (χ4n) is 6.47. The van der Waals surface area contributed by atoms with Crippen molar-refractivity contribution in [2.24, 2.45) is 5.92 Å². The Morgan fingerprint density at radius 1 is 0.727 bits per heavy atom. The van der Waals surface area contributed by atoms with Gasteiger partial charge in [-0.2, -0.15) is 0 Å². The zero-order valence-corrected chi connectivity index (χ0v) is 31.1. The van der Waals surface area contributed by atoms with Crippen molar-refractivity contribution in [3.05, 3.63) is 140 Å². The van der Waals surface area contributed by atoms with E-state index in [1.165, 1.54) is 44.5 Å². The van der Waals surface area contributed by atoms with Gasteiger partial charge in [0.15, 0.2) is 0 Å². The summed E-state index contributed by atoms with van der Waals surface area (Å²) < 4.78 is 6.17. The maximum Gasteiger partial charge on any atom is -1.00 e. The summed E-state index contributed by atoms with van der Waals surface area (Å²) in [5.41, 5.74) is 13.3. The zero-order chi connectivity index (χ0) is 29.6. The van der Waals surface area contributed by atoms with E-state index in [0.29, 0.717) is 5.92 Å². The molecule has 0 bridgehead atoms. The van der Waals surface area contributed by atoms with Gasteiger partial charge in [-0.3, -0.25) is 0 Å². The van der Waals surface area contributed by atoms with Crippen molar-refractivity contribution in [1.82, 2.24) is 0 Å². The van der Waals surface area contributed by atoms with Gasteiger partial charge in [-0.05, 0) is 0 Å². The summed E-state index contributed by atoms with van der Waals surface area (Å²) in [5.74, 6) is 0.465. The predicted octanol–water partition coefficient (Wildman–Crippen LogP) is 3.77. The Labute approximate surface area is 285 Å². The van der Waals surface area contributed by atoms with Crippen LogP contribution in [0.1, 0.15) is 81.8 Å². The van der Waals surface area contributed by atoms with Gasteiger partial charge in [-0.1, -0.05) is 0 Å². The van der Waals surface area contributed by atoms with Crippen molar-refractivity contribution < 1.29 is 46.1 Å². The predicted molar refractivity (Wildman–Crippen MR) is 180 cm³/mol. The van der Waals surface area contributed by atoms with E-state index < -0.39 is 21.3 Å². The number of benzene rings is 4. The summed E-state index contributed by atoms with van der Waals surface area (Å²) >= 11 is -2.47. The molecule has 4 aromatic carbocycles. The SMILES string of the molecule is CC1C=C(c2ccccc2)C=[C]1[Zr+2](=[CH]Cc1ccccc1)[c]1cc(C(C)(C)C)cc2c1Cc1ccc(C(C)(C)C)cc1-2.[Cl-].[Cl-]. The van der Waals surface area contributed by atoms with Crippen LogP contribution in [0.4, 0.5) is 0 Å². The van der Waals surface area contributed by atoms with Gasteiger partial charge in [-0.25, -0.2) is 0 Å². The summed E-state index contributed by atoms with van der Waals surface area (Å²) in [7, 11) is 0. The molecule has 0 fully saturated rings. The largest absolute Gasteiger partial charge is 1.00 e. The molecule has 1 unspecified atom stereocenters. The minimum atomic E-state index is -2.47. The molecule has 0 aromatic heterocycles. The molecule has 44 heavy (non-hydrogen) atoms. The number of allylic oxidation sites excluding steroid dienone is 4. The molecule has 0 saturated carbocycles. The molecule has 1 atom stereocenters. The third-order valence-corrected chi connectivity index (χ3v) is 16.1. The van der Waals surface area contributed by atoms with Gasteiger partial charge in [0.1, 0.15) is 0 Å². The topological polar surface area (TPSA) is 0 Å². The van der Waals surface area contributed by atoms with Crippen molar-refractivity contribution in [2.45, 2.75) is 72.1 Å². The molecule has 2 aliphatic carbocycles. The van der Waals surface area contributed by atoms with Crippen LogP contribution >= 0.6 is 0 Å². The van der Waals surface area contributed by atoms with Gasteiger partial charge >= 0.3 is 263 Å². The molecule has 0 aliphatic heterocycles. The molecule has 0 spiro atoms. The minimum absolute atomic E-state index is 0. The first kappa shape index (κ1) is 34.6. The Bertz CT molecular complexity index is 1730. The molecule has 0 amide bonds. The monoisotopic (exact) mass is 696 g/mol. The fraction of sp³-hybridized carbons (Fsp3) is 0.293. The van der Waals surface area contributed by atoms with E-state index in [-0.39, 0.29) is 35.6 Å². The Kier molecular flexibility index (Phi) is 10.7. The van der Waals surface area contributed by atoms with Crippen LogP contribution in [0, 0.1) is 5.92 Å². The van der Waals surface area contributed by atoms with E-state index in [9.17, 15) is 0 Å². The molecule has 0 nitrogen and oxygen atoms in total. The van der Waals surface area contributed by atoms with Crippen LogP contribution in [0.25, 0.3) is 16.7 Å². The van der Waals surface area contributed by atoms with Crippen molar-refractivity contribution in [2.75, 3.05) is 0 Å². The standard InChI is InChI=1S/C21H25.C12H11.C8H8.2ClH.Zr/c1-20(2,3)16-9-7-14-11-15-8-10-17(21(4,5)6)13-19(15)18(14)12-16;1-10-7-8-12(9-10)11-5-3-2-4-6-11;1-2-8-6-4-3-5-7-8;;;/h7,9-10,12-13H,11H2,1-6H3;2-6,8-10H,1H3;1,3-7H,2H2;2*1H;/q;;;;;+2/p-2. The summed E-state index contributed by atoms with van der Waals surface area (Å²) in [6.45, 7) is 16.6. The van der Waals surface area contributed by atoms with E-state index in [0.717, 1.165) is 12.8 Å². The van der Waals surface area contributed by atoms with Crippen molar-refractivity contribution in [3.63, 3.8) is 0 Å². The smallest absolute Gasteiger partial charge is 1.00 e. The second-order valence-corrected chi connectivity index (χ2v) is 20.1. The maximum atomic E-state index is 2.79. The number of hydrogen-bond acceptors (Lipinski definition) is 0. The third-order valence-electron chi connectivity index (χ3n) is 9.07. The molecule has 4 aromatic rings. The van der Waals surface area contributed by atoms with Gasteiger partial charge in [0, 0.05) is 0 Å². The average molecular weight is 699 g/mol. The zero-order valence-electron chi connectivity index (χ0n) is 27.1. The molecular weight excluding hydrogens is 655 g/mol. The van der Waals surface area contributed by atoms with Crippen LogP contribution in [-0.4, -0.2) is 3.71 Å². The van der Waals surface area contributed by atoms with Crippen LogP contribution in [0.15, 0.2) is 106 Å². The first-order valence-electron chi connectivity index (χ1n) is 15.5. The first-order valence-corrected chi connectivity index (χ1v) is 19.4. The normalized spacial score (nSPS) is 15.5. The average Bonchev–Trinajstić information content (AvgIpc) is 3.53. The minimum Gasteiger partial charge on any atom is -1.00 e. The van der Waals surface area contributed by atoms with Crippen molar-refractivity contribution in [3.8, 4) is 11.1 Å². The molecule has 0 saturated heterocycles. The third kappa shape index (κ3) is 7.07. The van der Waals surface area contributed by atoms with Gasteiger partial charge < -0.3 is 24.8 Å². The van der Waals surface area contributed by atoms with E-state index in [1.807, 2.05) is 0 Å². The van der Waals surface area contributed by atoms with E-state index in [1.54, 1.807) is 12.1 Å². The number of rotatable bonds is 5. The van der Waals surface area contributed by atoms with E-state index >= 15 is 0 Å². The molecule has 0 heterocycles. The second-order valence-electron chi connectivity index (χ2n) is 14.3. The van der Waals surface area contributed by atoms with Crippen LogP contribution < -0.4 is 28.1 Å². The van der Waals surface area contributed by atoms with Gasteiger partial charge in [0.05, 0.1) is 0 Å². The van der Waals surface area contributed by atoms with Gasteiger partial charge in [0.25, 0.3) is 0 Å². The van der Waals surface area contributed by atoms with E-state index in [2.05, 4.69) is 155 Å². The molecular formula is C41H44Cl2Zr. The molecule has 226 valence electrons. The second kappa shape index (κ2) is 13.6. The fourth-order valence-corrected chi connectivity index (χ4v) is 13.7. The summed E-state index contributed by atoms with van der Waals surface area (Å²) in [6.07, 6.45) is 7.18. The van der Waals surface area contributed by atoms with Gasteiger partial charge in [0.2, 0.25) is 0 Å². The van der Waals surface area contributed by atoms with Gasteiger partial charge in [-0.15, -0.1) is 0 Å². The van der Waals surface area contributed by atoms with Crippen molar-refractivity contribution >= 4 is 12.6 Å². The number of halogens is 2. The van der Waals surface area contributed by atoms with Crippen LogP contribution in [-0.2, 0) is 44.9 Å². The molecule has 0 N–H and O–H groups in total. The number of fused-ring (bicyclic) bond motifs is 3. The summed E-state index contributed by atoms with van der Waals surface area (Å²) in [4.78, 5) is 0. The Hall–Kier alpha value is -2.31. The number of hydrogen-bond donors (Lipinski definition) is 0. The maximum absolute atomic E-state index is 2.79. The Balaban J connectivity index is 0.00000221. The molecule has 0 radical (unpaired) electrons. The quantitative estimate of drug-likeness (QED) is 0.263.